The van der Waals surface area contributed by atoms with E-state index in [1.807, 2.05) is 48.2 Å². The molecule has 1 aliphatic rings. The van der Waals surface area contributed by atoms with E-state index < -0.39 is 0 Å². The van der Waals surface area contributed by atoms with Gasteiger partial charge < -0.3 is 0 Å². The maximum Gasteiger partial charge on any atom is 0.0151 e. The Hall–Kier alpha value is -4.07. The number of hydrogen-bond donors (Lipinski definition) is 0. The maximum absolute atomic E-state index is 2.20. The minimum atomic E-state index is 1.10. The Bertz CT molecular complexity index is 1230. The lowest BCUT2D eigenvalue weighted by Crippen LogP contribution is -1.87. The molecule has 1 heterocycles. The van der Waals surface area contributed by atoms with E-state index in [4.69, 9.17) is 0 Å². The summed E-state index contributed by atoms with van der Waals surface area (Å²) < 4.78 is 0. The fourth-order valence-corrected chi connectivity index (χ4v) is 4.53. The zero-order chi connectivity index (χ0) is 24.7. The van der Waals surface area contributed by atoms with Crippen molar-refractivity contribution in [2.24, 2.45) is 0 Å². The van der Waals surface area contributed by atoms with E-state index in [0.717, 1.165) is 6.42 Å². The van der Waals surface area contributed by atoms with Crippen molar-refractivity contribution >= 4 is 33.3 Å². The second-order valence-electron chi connectivity index (χ2n) is 8.15. The Balaban J connectivity index is 0.000000115. The summed E-state index contributed by atoms with van der Waals surface area (Å²) in [5.74, 6) is 0. The number of benzene rings is 6. The molecule has 0 saturated carbocycles. The summed E-state index contributed by atoms with van der Waals surface area (Å²) in [5.41, 5.74) is 1.45. The number of hydrogen-bond acceptors (Lipinski definition) is 1. The molecule has 1 heteroatoms. The van der Waals surface area contributed by atoms with E-state index in [9.17, 15) is 0 Å². The van der Waals surface area contributed by atoms with Gasteiger partial charge in [-0.25, -0.2) is 0 Å². The Kier molecular flexibility index (Phi) is 9.98. The first-order valence-electron chi connectivity index (χ1n) is 12.2. The van der Waals surface area contributed by atoms with Gasteiger partial charge in [0.05, 0.1) is 0 Å². The van der Waals surface area contributed by atoms with Crippen molar-refractivity contribution in [2.45, 2.75) is 11.3 Å². The van der Waals surface area contributed by atoms with Gasteiger partial charge in [-0.15, -0.1) is 0 Å². The fraction of sp³-hybridized carbons (Fsp3) is 0.0286. The average Bonchev–Trinajstić information content (AvgIpc) is 2.99. The summed E-state index contributed by atoms with van der Waals surface area (Å²) in [6.07, 6.45) is 3.30. The first-order chi connectivity index (χ1) is 17.9. The molecule has 7 rings (SSSR count). The predicted octanol–water partition coefficient (Wildman–Crippen LogP) is 10.2. The first-order valence-corrected chi connectivity index (χ1v) is 13.1. The van der Waals surface area contributed by atoms with Gasteiger partial charge in [-0.3, -0.25) is 0 Å². The van der Waals surface area contributed by atoms with Gasteiger partial charge in [-0.1, -0.05) is 169 Å². The van der Waals surface area contributed by atoms with Gasteiger partial charge in [0.1, 0.15) is 0 Å². The van der Waals surface area contributed by atoms with Crippen molar-refractivity contribution < 1.29 is 0 Å². The molecule has 0 radical (unpaired) electrons. The van der Waals surface area contributed by atoms with Crippen LogP contribution in [-0.2, 0) is 6.42 Å². The summed E-state index contributed by atoms with van der Waals surface area (Å²) in [6.45, 7) is 0. The number of fused-ring (bicyclic) bond motifs is 3. The monoisotopic (exact) mass is 482 g/mol. The maximum atomic E-state index is 2.20. The standard InChI is InChI=1S/2C10H8.C9H8S.C6H6/c2*1-2-6-10-8-4-3-7-9(10)5-1;1-2-6-9-8(4-1)5-3-7-10-9;1-2-4-6-5-3-1/h2*1-8H;1-4,6-7H,5H2;1-6H. The van der Waals surface area contributed by atoms with Crippen molar-refractivity contribution in [3.63, 3.8) is 0 Å². The van der Waals surface area contributed by atoms with Gasteiger partial charge in [0.15, 0.2) is 0 Å². The van der Waals surface area contributed by atoms with Crippen LogP contribution in [-0.4, -0.2) is 0 Å². The average molecular weight is 483 g/mol. The van der Waals surface area contributed by atoms with E-state index in [0.29, 0.717) is 0 Å². The molecular weight excluding hydrogens is 452 g/mol. The van der Waals surface area contributed by atoms with Crippen LogP contribution in [0.25, 0.3) is 21.5 Å². The van der Waals surface area contributed by atoms with Crippen molar-refractivity contribution in [1.82, 2.24) is 0 Å². The van der Waals surface area contributed by atoms with Crippen molar-refractivity contribution in [3.8, 4) is 0 Å². The number of rotatable bonds is 0. The second kappa shape index (κ2) is 14.4. The number of thioether (sulfide) groups is 1. The second-order valence-corrected chi connectivity index (χ2v) is 9.10. The van der Waals surface area contributed by atoms with E-state index in [2.05, 4.69) is 133 Å². The zero-order valence-corrected chi connectivity index (χ0v) is 21.1. The Morgan fingerprint density at radius 1 is 0.361 bits per heavy atom. The lowest BCUT2D eigenvalue weighted by Gasteiger charge is -2.07. The normalized spacial score (nSPS) is 11.0. The summed E-state index contributed by atoms with van der Waals surface area (Å²) >= 11 is 1.81. The molecule has 6 aromatic carbocycles. The third-order valence-electron chi connectivity index (χ3n) is 5.59. The molecule has 36 heavy (non-hydrogen) atoms. The molecule has 0 N–H and O–H groups in total. The van der Waals surface area contributed by atoms with Gasteiger partial charge in [0.2, 0.25) is 0 Å². The first kappa shape index (κ1) is 25.0. The molecular formula is C35H30S. The highest BCUT2D eigenvalue weighted by atomic mass is 32.2. The largest absolute Gasteiger partial charge is 0.0981 e. The highest BCUT2D eigenvalue weighted by Crippen LogP contribution is 2.27. The summed E-state index contributed by atoms with van der Waals surface area (Å²) in [5, 5.41) is 7.40. The van der Waals surface area contributed by atoms with Crippen LogP contribution in [0.15, 0.2) is 174 Å². The molecule has 0 bridgehead atoms. The van der Waals surface area contributed by atoms with Crippen LogP contribution >= 0.6 is 11.8 Å². The minimum Gasteiger partial charge on any atom is -0.0981 e. The highest BCUT2D eigenvalue weighted by molar-refractivity contribution is 8.02. The molecule has 6 aromatic rings. The van der Waals surface area contributed by atoms with E-state index in [1.165, 1.54) is 32.0 Å². The zero-order valence-electron chi connectivity index (χ0n) is 20.3. The summed E-state index contributed by atoms with van der Waals surface area (Å²) in [4.78, 5) is 1.41. The van der Waals surface area contributed by atoms with E-state index in [-0.39, 0.29) is 0 Å². The van der Waals surface area contributed by atoms with Crippen LogP contribution in [0.5, 0.6) is 0 Å². The van der Waals surface area contributed by atoms with Crippen molar-refractivity contribution in [3.05, 3.63) is 175 Å². The van der Waals surface area contributed by atoms with Crippen LogP contribution < -0.4 is 0 Å². The Morgan fingerprint density at radius 2 is 0.694 bits per heavy atom. The lowest BCUT2D eigenvalue weighted by atomic mass is 10.1. The van der Waals surface area contributed by atoms with Crippen LogP contribution in [0.3, 0.4) is 0 Å². The summed E-state index contributed by atoms with van der Waals surface area (Å²) in [7, 11) is 0. The quantitative estimate of drug-likeness (QED) is 0.207. The van der Waals surface area contributed by atoms with E-state index >= 15 is 0 Å². The number of allylic oxidation sites excluding steroid dienone is 1. The van der Waals surface area contributed by atoms with Gasteiger partial charge >= 0.3 is 0 Å². The molecule has 0 unspecified atom stereocenters. The Labute approximate surface area is 219 Å². The highest BCUT2D eigenvalue weighted by Gasteiger charge is 2.01. The summed E-state index contributed by atoms with van der Waals surface area (Å²) in [6, 6.07) is 54.0. The van der Waals surface area contributed by atoms with Gasteiger partial charge in [-0.2, -0.15) is 0 Å². The Morgan fingerprint density at radius 3 is 1.06 bits per heavy atom. The molecule has 0 aromatic heterocycles. The van der Waals surface area contributed by atoms with Crippen molar-refractivity contribution in [2.75, 3.05) is 0 Å². The molecule has 0 amide bonds. The topological polar surface area (TPSA) is 0 Å². The van der Waals surface area contributed by atoms with E-state index in [1.54, 1.807) is 0 Å². The molecule has 0 fully saturated rings. The molecule has 176 valence electrons. The van der Waals surface area contributed by atoms with Crippen molar-refractivity contribution in [1.29, 1.82) is 0 Å². The molecule has 0 atom stereocenters. The minimum absolute atomic E-state index is 1.10. The smallest absolute Gasteiger partial charge is 0.0151 e. The third kappa shape index (κ3) is 8.01. The molecule has 0 aliphatic carbocycles. The lowest BCUT2D eigenvalue weighted by molar-refractivity contribution is 1.17. The fourth-order valence-electron chi connectivity index (χ4n) is 3.73. The molecule has 0 spiro atoms. The molecule has 1 aliphatic heterocycles. The van der Waals surface area contributed by atoms with Gasteiger partial charge in [0.25, 0.3) is 0 Å². The predicted molar refractivity (Wildman–Crippen MR) is 159 cm³/mol. The molecule has 0 nitrogen and oxygen atoms in total. The van der Waals surface area contributed by atoms with Crippen LogP contribution in [0.4, 0.5) is 0 Å². The van der Waals surface area contributed by atoms with Gasteiger partial charge in [0, 0.05) is 4.90 Å². The molecule has 0 saturated heterocycles. The SMILES string of the molecule is C1=CSc2ccccc2C1.c1ccc2ccccc2c1.c1ccc2ccccc2c1.c1ccccc1. The van der Waals surface area contributed by atoms with Crippen LogP contribution in [0.2, 0.25) is 0 Å². The van der Waals surface area contributed by atoms with Crippen LogP contribution in [0, 0.1) is 0 Å². The van der Waals surface area contributed by atoms with Gasteiger partial charge in [-0.05, 0) is 45.0 Å². The van der Waals surface area contributed by atoms with Crippen LogP contribution in [0.1, 0.15) is 5.56 Å². The third-order valence-corrected chi connectivity index (χ3v) is 6.57.